The minimum absolute atomic E-state index is 0.243. The van der Waals surface area contributed by atoms with Crippen molar-refractivity contribution in [3.8, 4) is 0 Å². The lowest BCUT2D eigenvalue weighted by Crippen LogP contribution is -2.31. The van der Waals surface area contributed by atoms with E-state index in [-0.39, 0.29) is 5.92 Å². The lowest BCUT2D eigenvalue weighted by molar-refractivity contribution is 0.263. The molecule has 1 aromatic rings. The van der Waals surface area contributed by atoms with E-state index < -0.39 is 18.8 Å². The van der Waals surface area contributed by atoms with Gasteiger partial charge >= 0.3 is 13.0 Å². The smallest absolute Gasteiger partial charge is 0.311 e. The van der Waals surface area contributed by atoms with Crippen LogP contribution in [-0.4, -0.2) is 16.3 Å². The van der Waals surface area contributed by atoms with Crippen LogP contribution in [0.3, 0.4) is 0 Å². The van der Waals surface area contributed by atoms with Crippen LogP contribution < -0.4 is 11.1 Å². The zero-order chi connectivity index (χ0) is 13.1. The molecule has 1 aromatic carbocycles. The zero-order valence-electron chi connectivity index (χ0n) is 9.83. The second-order valence-corrected chi connectivity index (χ2v) is 6.40. The summed E-state index contributed by atoms with van der Waals surface area (Å²) < 4.78 is 11.9. The molecule has 0 aliphatic rings. The Bertz CT molecular complexity index is 434. The molecule has 1 amide bonds. The Morgan fingerprint density at radius 3 is 2.35 bits per heavy atom. The monoisotopic (exact) mass is 256 g/mol. The summed E-state index contributed by atoms with van der Waals surface area (Å²) in [4.78, 5) is 21.4. The van der Waals surface area contributed by atoms with Gasteiger partial charge in [-0.2, -0.15) is 0 Å². The molecule has 5 nitrogen and oxygen atoms in total. The minimum Gasteiger partial charge on any atom is -0.337 e. The number of amides is 1. The van der Waals surface area contributed by atoms with Gasteiger partial charge in [-0.1, -0.05) is 32.0 Å². The molecule has 2 atom stereocenters. The average Bonchev–Trinajstić information content (AvgIpc) is 2.29. The lowest BCUT2D eigenvalue weighted by Gasteiger charge is -2.21. The molecular weight excluding hydrogens is 239 g/mol. The molecule has 6 heteroatoms. The summed E-state index contributed by atoms with van der Waals surface area (Å²) in [6.45, 7) is 3.40. The number of benzene rings is 1. The van der Waals surface area contributed by atoms with Crippen LogP contribution in [0.15, 0.2) is 30.3 Å². The number of anilines is 1. The molecule has 0 aliphatic heterocycles. The van der Waals surface area contributed by atoms with Crippen LogP contribution in [0.25, 0.3) is 0 Å². The predicted molar refractivity (Wildman–Crippen MR) is 68.1 cm³/mol. The molecule has 0 heterocycles. The molecule has 2 unspecified atom stereocenters. The van der Waals surface area contributed by atoms with Crippen LogP contribution in [-0.2, 0) is 4.57 Å². The van der Waals surface area contributed by atoms with Crippen molar-refractivity contribution in [3.63, 3.8) is 0 Å². The summed E-state index contributed by atoms with van der Waals surface area (Å²) in [5.41, 5.74) is 5.12. The second kappa shape index (κ2) is 5.45. The van der Waals surface area contributed by atoms with Crippen molar-refractivity contribution in [2.24, 2.45) is 11.7 Å². The van der Waals surface area contributed by atoms with Crippen molar-refractivity contribution in [2.45, 2.75) is 19.6 Å². The summed E-state index contributed by atoms with van der Waals surface area (Å²) in [7, 11) is -4.07. The van der Waals surface area contributed by atoms with Crippen molar-refractivity contribution in [1.29, 1.82) is 0 Å². The van der Waals surface area contributed by atoms with E-state index in [1.807, 2.05) is 0 Å². The Morgan fingerprint density at radius 1 is 1.35 bits per heavy atom. The molecule has 0 saturated carbocycles. The molecule has 17 heavy (non-hydrogen) atoms. The van der Waals surface area contributed by atoms with Crippen molar-refractivity contribution < 1.29 is 14.3 Å². The standard InChI is InChI=1S/C11H17N2O3P/c1-8(2)10(12)17(15,16)11(14)13-9-6-4-3-5-7-9/h3-8,10H,12H2,1-2H3,(H,13,14)(H,15,16). The van der Waals surface area contributed by atoms with Crippen LogP contribution in [0.1, 0.15) is 13.8 Å². The normalized spacial score (nSPS) is 16.3. The SMILES string of the molecule is CC(C)C(N)P(=O)(O)C(=O)Nc1ccccc1. The fraction of sp³-hybridized carbons (Fsp3) is 0.364. The van der Waals surface area contributed by atoms with E-state index in [2.05, 4.69) is 5.32 Å². The van der Waals surface area contributed by atoms with Gasteiger partial charge in [0.1, 0.15) is 0 Å². The topological polar surface area (TPSA) is 92.4 Å². The predicted octanol–water partition coefficient (Wildman–Crippen LogP) is 2.43. The first kappa shape index (κ1) is 13.9. The van der Waals surface area contributed by atoms with Crippen LogP contribution in [0, 0.1) is 5.92 Å². The van der Waals surface area contributed by atoms with Crippen molar-refractivity contribution in [3.05, 3.63) is 30.3 Å². The highest BCUT2D eigenvalue weighted by Gasteiger charge is 2.38. The van der Waals surface area contributed by atoms with Crippen LogP contribution in [0.2, 0.25) is 0 Å². The first-order chi connectivity index (χ1) is 7.85. The number of rotatable bonds is 4. The maximum absolute atomic E-state index is 11.9. The molecule has 0 radical (unpaired) electrons. The fourth-order valence-corrected chi connectivity index (χ4v) is 2.63. The Kier molecular flexibility index (Phi) is 4.46. The molecular formula is C11H17N2O3P. The fourth-order valence-electron chi connectivity index (χ4n) is 1.26. The van der Waals surface area contributed by atoms with E-state index in [9.17, 15) is 14.3 Å². The van der Waals surface area contributed by atoms with E-state index in [0.29, 0.717) is 5.69 Å². The Morgan fingerprint density at radius 2 is 1.88 bits per heavy atom. The van der Waals surface area contributed by atoms with Gasteiger partial charge in [-0.25, -0.2) is 0 Å². The third kappa shape index (κ3) is 3.40. The summed E-state index contributed by atoms with van der Waals surface area (Å²) >= 11 is 0. The number of carbonyl (C=O) groups is 1. The molecule has 94 valence electrons. The van der Waals surface area contributed by atoms with Gasteiger partial charge in [-0.05, 0) is 18.1 Å². The van der Waals surface area contributed by atoms with Gasteiger partial charge in [0, 0.05) is 5.69 Å². The van der Waals surface area contributed by atoms with Gasteiger partial charge < -0.3 is 15.9 Å². The van der Waals surface area contributed by atoms with E-state index in [1.54, 1.807) is 44.2 Å². The van der Waals surface area contributed by atoms with Gasteiger partial charge in [0.25, 0.3) is 0 Å². The largest absolute Gasteiger partial charge is 0.337 e. The number of nitrogens with one attached hydrogen (secondary N) is 1. The Hall–Kier alpha value is -1.16. The number of nitrogens with two attached hydrogens (primary N) is 1. The van der Waals surface area contributed by atoms with E-state index in [4.69, 9.17) is 5.73 Å². The second-order valence-electron chi connectivity index (χ2n) is 4.15. The van der Waals surface area contributed by atoms with Crippen molar-refractivity contribution in [2.75, 3.05) is 5.32 Å². The molecule has 0 fully saturated rings. The highest BCUT2D eigenvalue weighted by molar-refractivity contribution is 7.76. The molecule has 0 saturated heterocycles. The van der Waals surface area contributed by atoms with Gasteiger partial charge in [0.05, 0.1) is 5.78 Å². The van der Waals surface area contributed by atoms with Gasteiger partial charge in [0.15, 0.2) is 0 Å². The Labute approximate surface area is 100 Å². The molecule has 4 N–H and O–H groups in total. The highest BCUT2D eigenvalue weighted by atomic mass is 31.2. The van der Waals surface area contributed by atoms with Gasteiger partial charge in [-0.15, -0.1) is 0 Å². The molecule has 1 rings (SSSR count). The average molecular weight is 256 g/mol. The molecule has 0 aliphatic carbocycles. The molecule has 0 aromatic heterocycles. The molecule has 0 spiro atoms. The maximum Gasteiger partial charge on any atom is 0.311 e. The summed E-state index contributed by atoms with van der Waals surface area (Å²) in [5, 5.41) is 2.39. The van der Waals surface area contributed by atoms with Crippen LogP contribution in [0.5, 0.6) is 0 Å². The zero-order valence-corrected chi connectivity index (χ0v) is 10.7. The number of carbonyl (C=O) groups excluding carboxylic acids is 1. The first-order valence-corrected chi connectivity index (χ1v) is 7.03. The minimum atomic E-state index is -4.07. The maximum atomic E-state index is 11.9. The van der Waals surface area contributed by atoms with Crippen LogP contribution >= 0.6 is 7.37 Å². The third-order valence-electron chi connectivity index (χ3n) is 2.40. The third-order valence-corrected chi connectivity index (χ3v) is 4.50. The summed E-state index contributed by atoms with van der Waals surface area (Å²) in [5.74, 6) is -1.29. The van der Waals surface area contributed by atoms with Crippen LogP contribution in [0.4, 0.5) is 10.5 Å². The van der Waals surface area contributed by atoms with E-state index >= 15 is 0 Å². The quantitative estimate of drug-likeness (QED) is 0.721. The van der Waals surface area contributed by atoms with Crippen molar-refractivity contribution in [1.82, 2.24) is 0 Å². The summed E-state index contributed by atoms with van der Waals surface area (Å²) in [6.07, 6.45) is 0. The van der Waals surface area contributed by atoms with E-state index in [1.165, 1.54) is 0 Å². The highest BCUT2D eigenvalue weighted by Crippen LogP contribution is 2.48. The number of hydrogen-bond acceptors (Lipinski definition) is 3. The first-order valence-electron chi connectivity index (χ1n) is 5.30. The number of para-hydroxylation sites is 1. The Balaban J connectivity index is 2.80. The number of hydrogen-bond donors (Lipinski definition) is 3. The summed E-state index contributed by atoms with van der Waals surface area (Å²) in [6, 6.07) is 8.51. The van der Waals surface area contributed by atoms with Gasteiger partial charge in [-0.3, -0.25) is 9.36 Å². The lowest BCUT2D eigenvalue weighted by atomic mass is 10.2. The van der Waals surface area contributed by atoms with Crippen molar-refractivity contribution >= 4 is 18.7 Å². The van der Waals surface area contributed by atoms with Gasteiger partial charge in [0.2, 0.25) is 0 Å². The van der Waals surface area contributed by atoms with E-state index in [0.717, 1.165) is 0 Å². The molecule has 0 bridgehead atoms.